The van der Waals surface area contributed by atoms with Gasteiger partial charge in [0.2, 0.25) is 0 Å². The summed E-state index contributed by atoms with van der Waals surface area (Å²) in [5.41, 5.74) is 2.48. The van der Waals surface area contributed by atoms with Gasteiger partial charge in [-0.25, -0.2) is 0 Å². The van der Waals surface area contributed by atoms with Gasteiger partial charge in [-0.2, -0.15) is 0 Å². The summed E-state index contributed by atoms with van der Waals surface area (Å²) in [6.07, 6.45) is 2.18. The molecule has 1 saturated carbocycles. The predicted molar refractivity (Wildman–Crippen MR) is 67.6 cm³/mol. The number of allylic oxidation sites excluding steroid dienone is 2. The van der Waals surface area contributed by atoms with E-state index in [2.05, 4.69) is 32.1 Å². The van der Waals surface area contributed by atoms with Crippen molar-refractivity contribution in [2.45, 2.75) is 19.8 Å². The Kier molecular flexibility index (Phi) is 3.32. The summed E-state index contributed by atoms with van der Waals surface area (Å²) in [7, 11) is 1.46. The van der Waals surface area contributed by atoms with E-state index in [9.17, 15) is 4.79 Å². The maximum absolute atomic E-state index is 11.7. The highest BCUT2D eigenvalue weighted by atomic mass is 16.5. The summed E-state index contributed by atoms with van der Waals surface area (Å²) in [6, 6.07) is 10.2. The third kappa shape index (κ3) is 2.41. The van der Waals surface area contributed by atoms with Gasteiger partial charge < -0.3 is 4.74 Å². The standard InChI is InChI=1S/C15H18O2/c1-10(2)9-12-13(14(12)15(16)17-3)11-7-5-4-6-8-11/h4-9,12-14H,1-3H3/t12-,13?,14-/m1/s1. The Balaban J connectivity index is 2.22. The Bertz CT molecular complexity index is 429. The second-order valence-electron chi connectivity index (χ2n) is 4.81. The molecule has 0 aromatic heterocycles. The predicted octanol–water partition coefficient (Wildman–Crippen LogP) is 3.16. The van der Waals surface area contributed by atoms with Crippen molar-refractivity contribution in [1.82, 2.24) is 0 Å². The van der Waals surface area contributed by atoms with Crippen LogP contribution in [0.5, 0.6) is 0 Å². The van der Waals surface area contributed by atoms with Crippen LogP contribution in [0.25, 0.3) is 0 Å². The summed E-state index contributed by atoms with van der Waals surface area (Å²) in [4.78, 5) is 11.7. The minimum absolute atomic E-state index is 0.00250. The average molecular weight is 230 g/mol. The van der Waals surface area contributed by atoms with Crippen molar-refractivity contribution in [2.75, 3.05) is 7.11 Å². The maximum Gasteiger partial charge on any atom is 0.309 e. The molecule has 0 aliphatic heterocycles. The van der Waals surface area contributed by atoms with E-state index in [-0.39, 0.29) is 11.9 Å². The monoisotopic (exact) mass is 230 g/mol. The molecule has 0 amide bonds. The van der Waals surface area contributed by atoms with Crippen molar-refractivity contribution in [3.8, 4) is 0 Å². The van der Waals surface area contributed by atoms with Gasteiger partial charge in [0.15, 0.2) is 0 Å². The van der Waals surface area contributed by atoms with Gasteiger partial charge in [0.1, 0.15) is 0 Å². The van der Waals surface area contributed by atoms with Gasteiger partial charge in [-0.3, -0.25) is 4.79 Å². The van der Waals surface area contributed by atoms with E-state index < -0.39 is 0 Å². The van der Waals surface area contributed by atoms with Gasteiger partial charge in [0.25, 0.3) is 0 Å². The summed E-state index contributed by atoms with van der Waals surface area (Å²) in [5, 5.41) is 0. The van der Waals surface area contributed by atoms with Crippen LogP contribution in [0.4, 0.5) is 0 Å². The lowest BCUT2D eigenvalue weighted by Crippen LogP contribution is -2.04. The van der Waals surface area contributed by atoms with Gasteiger partial charge in [-0.15, -0.1) is 0 Å². The fourth-order valence-electron chi connectivity index (χ4n) is 2.47. The first kappa shape index (κ1) is 11.9. The van der Waals surface area contributed by atoms with Crippen LogP contribution in [0, 0.1) is 11.8 Å². The normalized spacial score (nSPS) is 26.2. The molecular weight excluding hydrogens is 212 g/mol. The molecule has 3 atom stereocenters. The van der Waals surface area contributed by atoms with Crippen LogP contribution in [0.1, 0.15) is 25.3 Å². The smallest absolute Gasteiger partial charge is 0.309 e. The molecule has 2 rings (SSSR count). The molecule has 0 saturated heterocycles. The van der Waals surface area contributed by atoms with Crippen molar-refractivity contribution in [3.05, 3.63) is 47.5 Å². The van der Waals surface area contributed by atoms with E-state index >= 15 is 0 Å². The Labute approximate surface area is 102 Å². The number of rotatable bonds is 3. The highest BCUT2D eigenvalue weighted by molar-refractivity contribution is 5.79. The fourth-order valence-corrected chi connectivity index (χ4v) is 2.47. The number of methoxy groups -OCH3 is 1. The fraction of sp³-hybridized carbons (Fsp3) is 0.400. The van der Waals surface area contributed by atoms with E-state index in [1.54, 1.807) is 0 Å². The summed E-state index contributed by atoms with van der Waals surface area (Å²) in [5.74, 6) is 0.493. The van der Waals surface area contributed by atoms with Gasteiger partial charge in [0, 0.05) is 5.92 Å². The molecule has 0 spiro atoms. The van der Waals surface area contributed by atoms with E-state index in [1.165, 1.54) is 18.2 Å². The SMILES string of the molecule is COC(=O)[C@H]1C(c2ccccc2)[C@H]1C=C(C)C. The number of hydrogen-bond acceptors (Lipinski definition) is 2. The number of ether oxygens (including phenoxy) is 1. The molecule has 17 heavy (non-hydrogen) atoms. The zero-order valence-electron chi connectivity index (χ0n) is 10.5. The van der Waals surface area contributed by atoms with Gasteiger partial charge in [0.05, 0.1) is 13.0 Å². The Morgan fingerprint density at radius 2 is 1.88 bits per heavy atom. The van der Waals surface area contributed by atoms with E-state index in [0.717, 1.165) is 0 Å². The molecule has 90 valence electrons. The van der Waals surface area contributed by atoms with Gasteiger partial charge in [-0.05, 0) is 25.3 Å². The lowest BCUT2D eigenvalue weighted by atomic mass is 10.1. The molecule has 1 unspecified atom stereocenters. The Morgan fingerprint density at radius 1 is 1.24 bits per heavy atom. The van der Waals surface area contributed by atoms with E-state index in [4.69, 9.17) is 4.74 Å². The van der Waals surface area contributed by atoms with Crippen LogP contribution in [0.2, 0.25) is 0 Å². The number of carbonyl (C=O) groups is 1. The topological polar surface area (TPSA) is 26.3 Å². The Morgan fingerprint density at radius 3 is 2.41 bits per heavy atom. The van der Waals surface area contributed by atoms with Crippen molar-refractivity contribution in [2.24, 2.45) is 11.8 Å². The maximum atomic E-state index is 11.7. The van der Waals surface area contributed by atoms with Gasteiger partial charge in [-0.1, -0.05) is 42.0 Å². The third-order valence-corrected chi connectivity index (χ3v) is 3.26. The molecule has 1 aromatic rings. The molecule has 0 bridgehead atoms. The van der Waals surface area contributed by atoms with Crippen molar-refractivity contribution >= 4 is 5.97 Å². The molecule has 1 fully saturated rings. The summed E-state index contributed by atoms with van der Waals surface area (Å²) < 4.78 is 4.87. The van der Waals surface area contributed by atoms with Crippen LogP contribution in [0.3, 0.4) is 0 Å². The molecule has 1 aromatic carbocycles. The first-order valence-electron chi connectivity index (χ1n) is 5.93. The number of esters is 1. The highest BCUT2D eigenvalue weighted by Gasteiger charge is 2.54. The van der Waals surface area contributed by atoms with Crippen LogP contribution >= 0.6 is 0 Å². The largest absolute Gasteiger partial charge is 0.469 e. The van der Waals surface area contributed by atoms with Crippen molar-refractivity contribution in [3.63, 3.8) is 0 Å². The van der Waals surface area contributed by atoms with Gasteiger partial charge >= 0.3 is 5.97 Å². The summed E-state index contributed by atoms with van der Waals surface area (Å²) >= 11 is 0. The number of benzene rings is 1. The summed E-state index contributed by atoms with van der Waals surface area (Å²) in [6.45, 7) is 4.13. The minimum atomic E-state index is -0.0960. The molecule has 0 radical (unpaired) electrons. The first-order valence-corrected chi connectivity index (χ1v) is 5.93. The highest BCUT2D eigenvalue weighted by Crippen LogP contribution is 2.55. The van der Waals surface area contributed by atoms with Crippen LogP contribution in [-0.2, 0) is 9.53 Å². The average Bonchev–Trinajstić information content (AvgIpc) is 3.02. The molecular formula is C15H18O2. The molecule has 0 N–H and O–H groups in total. The molecule has 2 heteroatoms. The van der Waals surface area contributed by atoms with Crippen molar-refractivity contribution in [1.29, 1.82) is 0 Å². The molecule has 0 heterocycles. The second kappa shape index (κ2) is 4.74. The molecule has 2 nitrogen and oxygen atoms in total. The lowest BCUT2D eigenvalue weighted by Gasteiger charge is -1.98. The number of hydrogen-bond donors (Lipinski definition) is 0. The van der Waals surface area contributed by atoms with E-state index in [0.29, 0.717) is 11.8 Å². The minimum Gasteiger partial charge on any atom is -0.469 e. The zero-order chi connectivity index (χ0) is 12.4. The van der Waals surface area contributed by atoms with E-state index in [1.807, 2.05) is 18.2 Å². The van der Waals surface area contributed by atoms with Crippen LogP contribution < -0.4 is 0 Å². The van der Waals surface area contributed by atoms with Crippen LogP contribution in [0.15, 0.2) is 42.0 Å². The molecule has 1 aliphatic rings. The lowest BCUT2D eigenvalue weighted by molar-refractivity contribution is -0.142. The number of carbonyl (C=O) groups excluding carboxylic acids is 1. The Hall–Kier alpha value is -1.57. The molecule has 1 aliphatic carbocycles. The second-order valence-corrected chi connectivity index (χ2v) is 4.81. The van der Waals surface area contributed by atoms with Crippen molar-refractivity contribution < 1.29 is 9.53 Å². The third-order valence-electron chi connectivity index (χ3n) is 3.26. The quantitative estimate of drug-likeness (QED) is 0.589. The first-order chi connectivity index (χ1) is 8.15. The van der Waals surface area contributed by atoms with Crippen LogP contribution in [-0.4, -0.2) is 13.1 Å². The zero-order valence-corrected chi connectivity index (χ0v) is 10.5.